The fraction of sp³-hybridized carbons (Fsp3) is 0.133. The Bertz CT molecular complexity index is 604. The first-order chi connectivity index (χ1) is 9.56. The Hall–Kier alpha value is -1.88. The first kappa shape index (κ1) is 14.5. The van der Waals surface area contributed by atoms with Crippen molar-refractivity contribution in [3.8, 4) is 0 Å². The van der Waals surface area contributed by atoms with Gasteiger partial charge in [0.15, 0.2) is 11.6 Å². The average Bonchev–Trinajstić information content (AvgIpc) is 2.44. The van der Waals surface area contributed by atoms with Gasteiger partial charge in [0.2, 0.25) is 5.91 Å². The van der Waals surface area contributed by atoms with E-state index in [-0.39, 0.29) is 16.8 Å². The maximum Gasteiger partial charge on any atom is 0.237 e. The largest absolute Gasteiger partial charge is 0.325 e. The van der Waals surface area contributed by atoms with Gasteiger partial charge in [-0.2, -0.15) is 0 Å². The fourth-order valence-electron chi connectivity index (χ4n) is 1.57. The summed E-state index contributed by atoms with van der Waals surface area (Å²) >= 11 is 1.40. The molecule has 0 spiro atoms. The van der Waals surface area contributed by atoms with E-state index < -0.39 is 11.6 Å². The van der Waals surface area contributed by atoms with Gasteiger partial charge in [0.05, 0.1) is 5.25 Å². The molecular weight excluding hydrogens is 280 g/mol. The van der Waals surface area contributed by atoms with E-state index in [0.717, 1.165) is 17.0 Å². The van der Waals surface area contributed by atoms with Gasteiger partial charge in [0.25, 0.3) is 0 Å². The van der Waals surface area contributed by atoms with Crippen LogP contribution in [-0.2, 0) is 4.79 Å². The van der Waals surface area contributed by atoms with Crippen LogP contribution < -0.4 is 5.32 Å². The lowest BCUT2D eigenvalue weighted by molar-refractivity contribution is -0.115. The summed E-state index contributed by atoms with van der Waals surface area (Å²) in [4.78, 5) is 12.9. The number of thioether (sulfide) groups is 1. The van der Waals surface area contributed by atoms with E-state index in [0.29, 0.717) is 0 Å². The zero-order valence-electron chi connectivity index (χ0n) is 10.8. The highest BCUT2D eigenvalue weighted by atomic mass is 32.2. The molecule has 2 rings (SSSR count). The molecule has 1 N–H and O–H groups in total. The molecule has 0 bridgehead atoms. The Morgan fingerprint density at radius 1 is 1.10 bits per heavy atom. The molecule has 0 saturated carbocycles. The Morgan fingerprint density at radius 3 is 2.45 bits per heavy atom. The van der Waals surface area contributed by atoms with Crippen molar-refractivity contribution in [2.75, 3.05) is 5.32 Å². The van der Waals surface area contributed by atoms with Gasteiger partial charge >= 0.3 is 0 Å². The van der Waals surface area contributed by atoms with Gasteiger partial charge in [-0.15, -0.1) is 11.8 Å². The third-order valence-electron chi connectivity index (χ3n) is 2.61. The summed E-state index contributed by atoms with van der Waals surface area (Å²) < 4.78 is 25.8. The van der Waals surface area contributed by atoms with Crippen LogP contribution in [0.4, 0.5) is 14.5 Å². The summed E-state index contributed by atoms with van der Waals surface area (Å²) in [6, 6.07) is 12.8. The highest BCUT2D eigenvalue weighted by molar-refractivity contribution is 8.00. The first-order valence-corrected chi connectivity index (χ1v) is 6.92. The molecule has 2 aromatic rings. The first-order valence-electron chi connectivity index (χ1n) is 6.04. The molecule has 20 heavy (non-hydrogen) atoms. The van der Waals surface area contributed by atoms with Crippen LogP contribution in [0.15, 0.2) is 53.4 Å². The molecule has 2 nitrogen and oxygen atoms in total. The van der Waals surface area contributed by atoms with Gasteiger partial charge in [0.1, 0.15) is 0 Å². The van der Waals surface area contributed by atoms with Gasteiger partial charge in [-0.3, -0.25) is 4.79 Å². The van der Waals surface area contributed by atoms with Crippen LogP contribution in [-0.4, -0.2) is 11.2 Å². The van der Waals surface area contributed by atoms with Crippen molar-refractivity contribution in [3.63, 3.8) is 0 Å². The second-order valence-corrected chi connectivity index (χ2v) is 5.61. The zero-order valence-corrected chi connectivity index (χ0v) is 11.6. The summed E-state index contributed by atoms with van der Waals surface area (Å²) in [6.45, 7) is 1.76. The van der Waals surface area contributed by atoms with E-state index in [9.17, 15) is 13.6 Å². The van der Waals surface area contributed by atoms with Gasteiger partial charge in [0, 0.05) is 16.6 Å². The second kappa shape index (κ2) is 6.52. The van der Waals surface area contributed by atoms with E-state index in [4.69, 9.17) is 0 Å². The molecule has 1 amide bonds. The Morgan fingerprint density at radius 2 is 1.80 bits per heavy atom. The number of amides is 1. The number of carbonyl (C=O) groups excluding carboxylic acids is 1. The molecule has 5 heteroatoms. The van der Waals surface area contributed by atoms with Crippen LogP contribution in [0.1, 0.15) is 6.92 Å². The minimum Gasteiger partial charge on any atom is -0.325 e. The third-order valence-corrected chi connectivity index (χ3v) is 3.72. The molecule has 0 aliphatic carbocycles. The van der Waals surface area contributed by atoms with Crippen LogP contribution in [0.2, 0.25) is 0 Å². The molecule has 0 fully saturated rings. The van der Waals surface area contributed by atoms with Crippen LogP contribution in [0.25, 0.3) is 0 Å². The van der Waals surface area contributed by atoms with Crippen molar-refractivity contribution in [3.05, 3.63) is 60.2 Å². The number of anilines is 1. The van der Waals surface area contributed by atoms with E-state index in [1.165, 1.54) is 17.8 Å². The quantitative estimate of drug-likeness (QED) is 0.860. The number of hydrogen-bond donors (Lipinski definition) is 1. The SMILES string of the molecule is CC(Sc1ccccc1)C(=O)Nc1ccc(F)c(F)c1. The highest BCUT2D eigenvalue weighted by Crippen LogP contribution is 2.24. The fourth-order valence-corrected chi connectivity index (χ4v) is 2.46. The van der Waals surface area contributed by atoms with Gasteiger partial charge < -0.3 is 5.32 Å². The summed E-state index contributed by atoms with van der Waals surface area (Å²) in [7, 11) is 0. The van der Waals surface area contributed by atoms with E-state index >= 15 is 0 Å². The molecule has 0 aliphatic rings. The lowest BCUT2D eigenvalue weighted by atomic mass is 10.3. The van der Waals surface area contributed by atoms with E-state index in [2.05, 4.69) is 5.32 Å². The van der Waals surface area contributed by atoms with Gasteiger partial charge in [-0.25, -0.2) is 8.78 Å². The maximum absolute atomic E-state index is 13.0. The summed E-state index contributed by atoms with van der Waals surface area (Å²) in [5.41, 5.74) is 0.245. The molecule has 0 aliphatic heterocycles. The monoisotopic (exact) mass is 293 g/mol. The molecule has 0 radical (unpaired) electrons. The molecule has 104 valence electrons. The number of carbonyl (C=O) groups is 1. The van der Waals surface area contributed by atoms with Crippen LogP contribution in [0, 0.1) is 11.6 Å². The second-order valence-electron chi connectivity index (χ2n) is 4.19. The molecule has 1 unspecified atom stereocenters. The van der Waals surface area contributed by atoms with Crippen molar-refractivity contribution in [2.45, 2.75) is 17.1 Å². The Labute approximate surface area is 120 Å². The average molecular weight is 293 g/mol. The number of rotatable bonds is 4. The lowest BCUT2D eigenvalue weighted by Gasteiger charge is -2.12. The van der Waals surface area contributed by atoms with Crippen molar-refractivity contribution < 1.29 is 13.6 Å². The number of halogens is 2. The minimum absolute atomic E-state index is 0.245. The van der Waals surface area contributed by atoms with Crippen molar-refractivity contribution >= 4 is 23.4 Å². The standard InChI is InChI=1S/C15H13F2NOS/c1-10(20-12-5-3-2-4-6-12)15(19)18-11-7-8-13(16)14(17)9-11/h2-10H,1H3,(H,18,19). The third kappa shape index (κ3) is 3.81. The molecular formula is C15H13F2NOS. The van der Waals surface area contributed by atoms with Crippen molar-refractivity contribution in [1.82, 2.24) is 0 Å². The van der Waals surface area contributed by atoms with Crippen LogP contribution >= 0.6 is 11.8 Å². The smallest absolute Gasteiger partial charge is 0.237 e. The van der Waals surface area contributed by atoms with Crippen molar-refractivity contribution in [2.24, 2.45) is 0 Å². The minimum atomic E-state index is -0.980. The predicted octanol–water partition coefficient (Wildman–Crippen LogP) is 4.08. The number of nitrogens with one attached hydrogen (secondary N) is 1. The Balaban J connectivity index is 1.99. The summed E-state index contributed by atoms with van der Waals surface area (Å²) in [6.07, 6.45) is 0. The topological polar surface area (TPSA) is 29.1 Å². The molecule has 0 heterocycles. The number of hydrogen-bond acceptors (Lipinski definition) is 2. The van der Waals surface area contributed by atoms with Gasteiger partial charge in [-0.1, -0.05) is 18.2 Å². The van der Waals surface area contributed by atoms with E-state index in [1.54, 1.807) is 6.92 Å². The normalized spacial score (nSPS) is 11.9. The van der Waals surface area contributed by atoms with Crippen molar-refractivity contribution in [1.29, 1.82) is 0 Å². The molecule has 0 aromatic heterocycles. The van der Waals surface area contributed by atoms with Gasteiger partial charge in [-0.05, 0) is 31.2 Å². The zero-order chi connectivity index (χ0) is 14.5. The molecule has 1 atom stereocenters. The lowest BCUT2D eigenvalue weighted by Crippen LogP contribution is -2.22. The van der Waals surface area contributed by atoms with Crippen LogP contribution in [0.3, 0.4) is 0 Å². The molecule has 2 aromatic carbocycles. The molecule has 0 saturated heterocycles. The van der Waals surface area contributed by atoms with E-state index in [1.807, 2.05) is 30.3 Å². The maximum atomic E-state index is 13.0. The Kier molecular flexibility index (Phi) is 4.74. The predicted molar refractivity (Wildman–Crippen MR) is 76.7 cm³/mol. The summed E-state index contributed by atoms with van der Waals surface area (Å²) in [5, 5.41) is 2.22. The summed E-state index contributed by atoms with van der Waals surface area (Å²) in [5.74, 6) is -2.18. The highest BCUT2D eigenvalue weighted by Gasteiger charge is 2.15. The number of benzene rings is 2. The van der Waals surface area contributed by atoms with Crippen LogP contribution in [0.5, 0.6) is 0 Å².